The standard InChI is InChI=1S/C16H23NO4/c1-20-12-13-8-5-6-9-14(13)16(19)17-11-7-3-4-10-15(18)21-2/h5-6,8-9H,3-4,7,10-12H2,1-2H3,(H,17,19). The van der Waals surface area contributed by atoms with Crippen molar-refractivity contribution in [3.63, 3.8) is 0 Å². The fourth-order valence-electron chi connectivity index (χ4n) is 1.99. The van der Waals surface area contributed by atoms with Crippen molar-refractivity contribution < 1.29 is 19.1 Å². The number of methoxy groups -OCH3 is 2. The van der Waals surface area contributed by atoms with Gasteiger partial charge in [-0.3, -0.25) is 9.59 Å². The summed E-state index contributed by atoms with van der Waals surface area (Å²) in [6, 6.07) is 7.40. The number of carbonyl (C=O) groups excluding carboxylic acids is 2. The Kier molecular flexibility index (Phi) is 8.12. The van der Waals surface area contributed by atoms with Crippen LogP contribution in [-0.4, -0.2) is 32.6 Å². The first-order valence-corrected chi connectivity index (χ1v) is 7.11. The van der Waals surface area contributed by atoms with Crippen molar-refractivity contribution in [2.24, 2.45) is 0 Å². The third-order valence-electron chi connectivity index (χ3n) is 3.13. The van der Waals surface area contributed by atoms with Gasteiger partial charge >= 0.3 is 5.97 Å². The molecule has 0 atom stereocenters. The fraction of sp³-hybridized carbons (Fsp3) is 0.500. The molecule has 0 spiro atoms. The highest BCUT2D eigenvalue weighted by atomic mass is 16.5. The second-order valence-corrected chi connectivity index (χ2v) is 4.73. The van der Waals surface area contributed by atoms with Crippen molar-refractivity contribution in [1.82, 2.24) is 5.32 Å². The molecule has 1 amide bonds. The monoisotopic (exact) mass is 293 g/mol. The van der Waals surface area contributed by atoms with E-state index in [9.17, 15) is 9.59 Å². The lowest BCUT2D eigenvalue weighted by molar-refractivity contribution is -0.140. The van der Waals surface area contributed by atoms with Gasteiger partial charge in [0.15, 0.2) is 0 Å². The fourth-order valence-corrected chi connectivity index (χ4v) is 1.99. The van der Waals surface area contributed by atoms with Gasteiger partial charge in [0.05, 0.1) is 13.7 Å². The third-order valence-corrected chi connectivity index (χ3v) is 3.13. The third kappa shape index (κ3) is 6.40. The number of hydrogen-bond acceptors (Lipinski definition) is 4. The molecule has 1 rings (SSSR count). The number of unbranched alkanes of at least 4 members (excludes halogenated alkanes) is 2. The van der Waals surface area contributed by atoms with Crippen LogP contribution in [0.5, 0.6) is 0 Å². The highest BCUT2D eigenvalue weighted by Crippen LogP contribution is 2.10. The smallest absolute Gasteiger partial charge is 0.305 e. The number of hydrogen-bond donors (Lipinski definition) is 1. The number of ether oxygens (including phenoxy) is 2. The van der Waals surface area contributed by atoms with E-state index >= 15 is 0 Å². The van der Waals surface area contributed by atoms with Crippen LogP contribution in [0.2, 0.25) is 0 Å². The minimum Gasteiger partial charge on any atom is -0.469 e. The topological polar surface area (TPSA) is 64.6 Å². The van der Waals surface area contributed by atoms with E-state index in [2.05, 4.69) is 10.1 Å². The van der Waals surface area contributed by atoms with Crippen LogP contribution in [0.15, 0.2) is 24.3 Å². The number of carbonyl (C=O) groups is 2. The molecule has 0 aliphatic rings. The molecule has 0 heterocycles. The van der Waals surface area contributed by atoms with E-state index in [1.165, 1.54) is 7.11 Å². The maximum Gasteiger partial charge on any atom is 0.305 e. The van der Waals surface area contributed by atoms with Crippen molar-refractivity contribution in [3.8, 4) is 0 Å². The summed E-state index contributed by atoms with van der Waals surface area (Å²) in [6.45, 7) is 1.02. The summed E-state index contributed by atoms with van der Waals surface area (Å²) in [7, 11) is 3.00. The van der Waals surface area contributed by atoms with Crippen LogP contribution in [0, 0.1) is 0 Å². The molecule has 1 N–H and O–H groups in total. The Labute approximate surface area is 125 Å². The Morgan fingerprint density at radius 3 is 2.57 bits per heavy atom. The van der Waals surface area contributed by atoms with Gasteiger partial charge in [0.1, 0.15) is 0 Å². The van der Waals surface area contributed by atoms with E-state index in [1.807, 2.05) is 18.2 Å². The summed E-state index contributed by atoms with van der Waals surface area (Å²) in [5.74, 6) is -0.275. The van der Waals surface area contributed by atoms with E-state index in [0.29, 0.717) is 25.1 Å². The summed E-state index contributed by atoms with van der Waals surface area (Å²) in [5.41, 5.74) is 1.53. The minimum atomic E-state index is -0.187. The summed E-state index contributed by atoms with van der Waals surface area (Å²) in [6.07, 6.45) is 2.94. The van der Waals surface area contributed by atoms with Crippen LogP contribution in [-0.2, 0) is 20.9 Å². The van der Waals surface area contributed by atoms with Gasteiger partial charge in [-0.25, -0.2) is 0 Å². The zero-order valence-electron chi connectivity index (χ0n) is 12.7. The average molecular weight is 293 g/mol. The van der Waals surface area contributed by atoms with Crippen LogP contribution >= 0.6 is 0 Å². The summed E-state index contributed by atoms with van der Waals surface area (Å²) >= 11 is 0. The normalized spacial score (nSPS) is 10.2. The van der Waals surface area contributed by atoms with Crippen molar-refractivity contribution in [2.75, 3.05) is 20.8 Å². The minimum absolute atomic E-state index is 0.0874. The first-order valence-electron chi connectivity index (χ1n) is 7.11. The van der Waals surface area contributed by atoms with E-state index in [0.717, 1.165) is 24.8 Å². The Morgan fingerprint density at radius 2 is 1.86 bits per heavy atom. The van der Waals surface area contributed by atoms with Crippen molar-refractivity contribution >= 4 is 11.9 Å². The molecule has 0 fully saturated rings. The number of benzene rings is 1. The first kappa shape index (κ1) is 17.2. The maximum atomic E-state index is 12.1. The lowest BCUT2D eigenvalue weighted by atomic mass is 10.1. The zero-order chi connectivity index (χ0) is 15.5. The largest absolute Gasteiger partial charge is 0.469 e. The van der Waals surface area contributed by atoms with Crippen LogP contribution in [0.25, 0.3) is 0 Å². The van der Waals surface area contributed by atoms with Crippen LogP contribution in [0.3, 0.4) is 0 Å². The molecule has 0 aliphatic heterocycles. The molecule has 5 heteroatoms. The number of amides is 1. The highest BCUT2D eigenvalue weighted by Gasteiger charge is 2.09. The molecule has 0 saturated carbocycles. The number of rotatable bonds is 9. The second kappa shape index (κ2) is 9.94. The second-order valence-electron chi connectivity index (χ2n) is 4.73. The molecule has 0 saturated heterocycles. The lowest BCUT2D eigenvalue weighted by Gasteiger charge is -2.09. The molecule has 5 nitrogen and oxygen atoms in total. The lowest BCUT2D eigenvalue weighted by Crippen LogP contribution is -2.25. The van der Waals surface area contributed by atoms with Crippen molar-refractivity contribution in [1.29, 1.82) is 0 Å². The quantitative estimate of drug-likeness (QED) is 0.560. The van der Waals surface area contributed by atoms with Crippen LogP contribution in [0.1, 0.15) is 41.6 Å². The SMILES string of the molecule is COCc1ccccc1C(=O)NCCCCCC(=O)OC. The Balaban J connectivity index is 2.29. The van der Waals surface area contributed by atoms with E-state index in [1.54, 1.807) is 13.2 Å². The van der Waals surface area contributed by atoms with Gasteiger partial charge in [-0.15, -0.1) is 0 Å². The summed E-state index contributed by atoms with van der Waals surface area (Å²) in [4.78, 5) is 23.0. The Hall–Kier alpha value is -1.88. The predicted molar refractivity (Wildman–Crippen MR) is 80.0 cm³/mol. The molecule has 1 aromatic rings. The van der Waals surface area contributed by atoms with Gasteiger partial charge < -0.3 is 14.8 Å². The summed E-state index contributed by atoms with van der Waals surface area (Å²) < 4.78 is 9.65. The van der Waals surface area contributed by atoms with E-state index < -0.39 is 0 Å². The Bertz CT molecular complexity index is 459. The molecule has 0 unspecified atom stereocenters. The van der Waals surface area contributed by atoms with Crippen LogP contribution < -0.4 is 5.32 Å². The molecule has 21 heavy (non-hydrogen) atoms. The van der Waals surface area contributed by atoms with Crippen molar-refractivity contribution in [2.45, 2.75) is 32.3 Å². The van der Waals surface area contributed by atoms with Crippen molar-refractivity contribution in [3.05, 3.63) is 35.4 Å². The molecule has 1 aromatic carbocycles. The predicted octanol–water partition coefficient (Wildman–Crippen LogP) is 2.30. The number of esters is 1. The zero-order valence-corrected chi connectivity index (χ0v) is 12.7. The van der Waals surface area contributed by atoms with Gasteiger partial charge in [0.2, 0.25) is 0 Å². The molecule has 116 valence electrons. The molecular weight excluding hydrogens is 270 g/mol. The van der Waals surface area contributed by atoms with Gasteiger partial charge in [0, 0.05) is 25.6 Å². The van der Waals surface area contributed by atoms with Gasteiger partial charge in [-0.05, 0) is 24.5 Å². The molecular formula is C16H23NO4. The number of nitrogens with one attached hydrogen (secondary N) is 1. The highest BCUT2D eigenvalue weighted by molar-refractivity contribution is 5.95. The van der Waals surface area contributed by atoms with Gasteiger partial charge in [0.25, 0.3) is 5.91 Å². The summed E-state index contributed by atoms with van der Waals surface area (Å²) in [5, 5.41) is 2.89. The molecule has 0 aliphatic carbocycles. The maximum absolute atomic E-state index is 12.1. The van der Waals surface area contributed by atoms with Crippen LogP contribution in [0.4, 0.5) is 0 Å². The van der Waals surface area contributed by atoms with E-state index in [4.69, 9.17) is 4.74 Å². The first-order chi connectivity index (χ1) is 10.2. The average Bonchev–Trinajstić information content (AvgIpc) is 2.51. The molecule has 0 radical (unpaired) electrons. The van der Waals surface area contributed by atoms with Gasteiger partial charge in [-0.1, -0.05) is 24.6 Å². The molecule has 0 aromatic heterocycles. The van der Waals surface area contributed by atoms with E-state index in [-0.39, 0.29) is 11.9 Å². The van der Waals surface area contributed by atoms with Gasteiger partial charge in [-0.2, -0.15) is 0 Å². The molecule has 0 bridgehead atoms. The Morgan fingerprint density at radius 1 is 1.10 bits per heavy atom.